The Morgan fingerprint density at radius 1 is 1.25 bits per heavy atom. The number of carbonyl (C=O) groups excluding carboxylic acids is 1. The molecule has 1 aromatic carbocycles. The molecule has 0 amide bonds. The third-order valence-corrected chi connectivity index (χ3v) is 2.99. The lowest BCUT2D eigenvalue weighted by Gasteiger charge is -2.03. The lowest BCUT2D eigenvalue weighted by molar-refractivity contribution is 0.0351. The van der Waals surface area contributed by atoms with Crippen LogP contribution < -0.4 is 0 Å². The van der Waals surface area contributed by atoms with Crippen molar-refractivity contribution < 1.29 is 9.53 Å². The molecule has 3 aromatic rings. The van der Waals surface area contributed by atoms with Crippen LogP contribution in [0.1, 0.15) is 10.4 Å². The third kappa shape index (κ3) is 2.62. The molecule has 0 saturated carbocycles. The van der Waals surface area contributed by atoms with Gasteiger partial charge in [0.2, 0.25) is 0 Å². The second kappa shape index (κ2) is 5.30. The lowest BCUT2D eigenvalue weighted by atomic mass is 10.3. The van der Waals surface area contributed by atoms with E-state index in [-0.39, 0.29) is 6.73 Å². The molecule has 0 aliphatic heterocycles. The maximum Gasteiger partial charge on any atom is 0.340 e. The molecule has 0 radical (unpaired) electrons. The Bertz CT molecular complexity index is 755. The molecule has 2 heterocycles. The van der Waals surface area contributed by atoms with Crippen molar-refractivity contribution in [3.8, 4) is 0 Å². The number of halogens is 1. The minimum Gasteiger partial charge on any atom is -0.439 e. The van der Waals surface area contributed by atoms with Gasteiger partial charge in [0, 0.05) is 29.0 Å². The summed E-state index contributed by atoms with van der Waals surface area (Å²) in [5, 5.41) is 5.83. The van der Waals surface area contributed by atoms with Crippen molar-refractivity contribution in [1.29, 1.82) is 0 Å². The Labute approximate surface area is 119 Å². The number of carbonyl (C=O) groups is 1. The van der Waals surface area contributed by atoms with Gasteiger partial charge >= 0.3 is 5.97 Å². The standard InChI is InChI=1S/C14H10ClN3O2/c15-12-1-2-13-11(7-12)8-18(17-13)9-20-14(19)10-3-5-16-6-4-10/h1-8H,9H2. The summed E-state index contributed by atoms with van der Waals surface area (Å²) < 4.78 is 6.73. The smallest absolute Gasteiger partial charge is 0.340 e. The van der Waals surface area contributed by atoms with Gasteiger partial charge in [0.1, 0.15) is 0 Å². The van der Waals surface area contributed by atoms with Crippen LogP contribution in [0.4, 0.5) is 0 Å². The summed E-state index contributed by atoms with van der Waals surface area (Å²) in [5.41, 5.74) is 1.26. The molecule has 5 nitrogen and oxygen atoms in total. The number of rotatable bonds is 3. The Morgan fingerprint density at radius 2 is 2.05 bits per heavy atom. The molecule has 20 heavy (non-hydrogen) atoms. The minimum atomic E-state index is -0.412. The van der Waals surface area contributed by atoms with E-state index in [0.717, 1.165) is 10.9 Å². The maximum absolute atomic E-state index is 11.8. The molecule has 0 saturated heterocycles. The zero-order valence-electron chi connectivity index (χ0n) is 10.4. The first kappa shape index (κ1) is 12.6. The van der Waals surface area contributed by atoms with Gasteiger partial charge in [-0.1, -0.05) is 11.6 Å². The highest BCUT2D eigenvalue weighted by molar-refractivity contribution is 6.31. The summed E-state index contributed by atoms with van der Waals surface area (Å²) in [7, 11) is 0. The molecule has 0 aliphatic rings. The molecule has 6 heteroatoms. The summed E-state index contributed by atoms with van der Waals surface area (Å²) in [6.45, 7) is 0.0491. The first-order chi connectivity index (χ1) is 9.72. The molecule has 100 valence electrons. The highest BCUT2D eigenvalue weighted by Gasteiger charge is 2.07. The van der Waals surface area contributed by atoms with Gasteiger partial charge in [-0.05, 0) is 30.3 Å². The van der Waals surface area contributed by atoms with Crippen molar-refractivity contribution >= 4 is 28.5 Å². The topological polar surface area (TPSA) is 57.0 Å². The van der Waals surface area contributed by atoms with Gasteiger partial charge in [0.15, 0.2) is 6.73 Å². The maximum atomic E-state index is 11.8. The van der Waals surface area contributed by atoms with E-state index < -0.39 is 5.97 Å². The summed E-state index contributed by atoms with van der Waals surface area (Å²) in [6, 6.07) is 8.59. The van der Waals surface area contributed by atoms with Crippen molar-refractivity contribution in [2.45, 2.75) is 6.73 Å². The van der Waals surface area contributed by atoms with E-state index in [0.29, 0.717) is 10.6 Å². The van der Waals surface area contributed by atoms with Gasteiger partial charge < -0.3 is 4.74 Å². The number of ether oxygens (including phenoxy) is 1. The highest BCUT2D eigenvalue weighted by Crippen LogP contribution is 2.17. The number of nitrogens with zero attached hydrogens (tertiary/aromatic N) is 3. The molecule has 3 rings (SSSR count). The fourth-order valence-corrected chi connectivity index (χ4v) is 1.99. The molecule has 0 unspecified atom stereocenters. The predicted octanol–water partition coefficient (Wildman–Crippen LogP) is 2.90. The van der Waals surface area contributed by atoms with Gasteiger partial charge in [0.25, 0.3) is 0 Å². The molecule has 0 spiro atoms. The van der Waals surface area contributed by atoms with Crippen LogP contribution in [0.25, 0.3) is 10.9 Å². The molecule has 0 aliphatic carbocycles. The first-order valence-electron chi connectivity index (χ1n) is 5.92. The van der Waals surface area contributed by atoms with E-state index in [1.807, 2.05) is 12.1 Å². The first-order valence-corrected chi connectivity index (χ1v) is 6.30. The van der Waals surface area contributed by atoms with E-state index in [9.17, 15) is 4.79 Å². The van der Waals surface area contributed by atoms with E-state index >= 15 is 0 Å². The van der Waals surface area contributed by atoms with Crippen molar-refractivity contribution in [3.05, 3.63) is 59.5 Å². The Balaban J connectivity index is 1.72. The molecular weight excluding hydrogens is 278 g/mol. The third-order valence-electron chi connectivity index (χ3n) is 2.76. The van der Waals surface area contributed by atoms with Crippen molar-refractivity contribution in [1.82, 2.24) is 14.8 Å². The van der Waals surface area contributed by atoms with E-state index in [2.05, 4.69) is 10.1 Å². The number of hydrogen-bond acceptors (Lipinski definition) is 4. The van der Waals surface area contributed by atoms with E-state index in [4.69, 9.17) is 16.3 Å². The van der Waals surface area contributed by atoms with Crippen LogP contribution in [-0.4, -0.2) is 20.7 Å². The summed E-state index contributed by atoms with van der Waals surface area (Å²) in [5.74, 6) is -0.412. The Morgan fingerprint density at radius 3 is 2.85 bits per heavy atom. The Hall–Kier alpha value is -2.40. The Kier molecular flexibility index (Phi) is 3.35. The summed E-state index contributed by atoms with van der Waals surface area (Å²) in [4.78, 5) is 15.6. The highest BCUT2D eigenvalue weighted by atomic mass is 35.5. The number of aromatic nitrogens is 3. The fraction of sp³-hybridized carbons (Fsp3) is 0.0714. The van der Waals surface area contributed by atoms with Crippen molar-refractivity contribution in [3.63, 3.8) is 0 Å². The normalized spacial score (nSPS) is 10.7. The lowest BCUT2D eigenvalue weighted by Crippen LogP contribution is -2.10. The zero-order valence-corrected chi connectivity index (χ0v) is 11.1. The largest absolute Gasteiger partial charge is 0.439 e. The molecule has 0 N–H and O–H groups in total. The van der Waals surface area contributed by atoms with Crippen LogP contribution in [0, 0.1) is 0 Å². The quantitative estimate of drug-likeness (QED) is 0.695. The average Bonchev–Trinajstić information content (AvgIpc) is 2.87. The monoisotopic (exact) mass is 287 g/mol. The number of hydrogen-bond donors (Lipinski definition) is 0. The van der Waals surface area contributed by atoms with E-state index in [1.54, 1.807) is 41.5 Å². The molecule has 0 fully saturated rings. The van der Waals surface area contributed by atoms with Gasteiger partial charge in [0.05, 0.1) is 11.1 Å². The van der Waals surface area contributed by atoms with Crippen LogP contribution >= 0.6 is 11.6 Å². The van der Waals surface area contributed by atoms with Crippen molar-refractivity contribution in [2.24, 2.45) is 0 Å². The minimum absolute atomic E-state index is 0.0491. The second-order valence-electron chi connectivity index (χ2n) is 4.17. The van der Waals surface area contributed by atoms with Crippen LogP contribution in [-0.2, 0) is 11.5 Å². The van der Waals surface area contributed by atoms with Gasteiger partial charge in [-0.3, -0.25) is 4.98 Å². The number of pyridine rings is 1. The van der Waals surface area contributed by atoms with Gasteiger partial charge in [-0.25, -0.2) is 9.48 Å². The second-order valence-corrected chi connectivity index (χ2v) is 4.60. The molecule has 0 bridgehead atoms. The summed E-state index contributed by atoms with van der Waals surface area (Å²) >= 11 is 5.91. The predicted molar refractivity (Wildman–Crippen MR) is 74.4 cm³/mol. The van der Waals surface area contributed by atoms with Gasteiger partial charge in [-0.2, -0.15) is 5.10 Å². The number of esters is 1. The molecule has 2 aromatic heterocycles. The summed E-state index contributed by atoms with van der Waals surface area (Å²) in [6.07, 6.45) is 4.86. The number of fused-ring (bicyclic) bond motifs is 1. The van der Waals surface area contributed by atoms with E-state index in [1.165, 1.54) is 0 Å². The average molecular weight is 288 g/mol. The SMILES string of the molecule is O=C(OCn1cc2cc(Cl)ccc2n1)c1ccncc1. The van der Waals surface area contributed by atoms with Crippen LogP contribution in [0.5, 0.6) is 0 Å². The molecule has 0 atom stereocenters. The van der Waals surface area contributed by atoms with Crippen LogP contribution in [0.2, 0.25) is 5.02 Å². The van der Waals surface area contributed by atoms with Crippen LogP contribution in [0.3, 0.4) is 0 Å². The van der Waals surface area contributed by atoms with Crippen LogP contribution in [0.15, 0.2) is 48.9 Å². The number of benzene rings is 1. The van der Waals surface area contributed by atoms with Crippen molar-refractivity contribution in [2.75, 3.05) is 0 Å². The van der Waals surface area contributed by atoms with Gasteiger partial charge in [-0.15, -0.1) is 0 Å². The zero-order chi connectivity index (χ0) is 13.9. The fourth-order valence-electron chi connectivity index (χ4n) is 1.81. The molecular formula is C14H10ClN3O2.